The average Bonchev–Trinajstić information content (AvgIpc) is 3.09. The van der Waals surface area contributed by atoms with E-state index in [-0.39, 0.29) is 11.5 Å². The lowest BCUT2D eigenvalue weighted by molar-refractivity contribution is -0.116. The Balaban J connectivity index is 2.04. The SMILES string of the molecule is CCCC(=O)Nc1c(C#N)cnn1-c1nn2c(c1Cl)CCCC2. The fraction of sp³-hybridized carbons (Fsp3) is 0.467. The number of carbonyl (C=O) groups is 1. The van der Waals surface area contributed by atoms with Crippen molar-refractivity contribution in [3.05, 3.63) is 22.5 Å². The summed E-state index contributed by atoms with van der Waals surface area (Å²) >= 11 is 6.46. The van der Waals surface area contributed by atoms with Crippen LogP contribution in [0.1, 0.15) is 43.9 Å². The monoisotopic (exact) mass is 332 g/mol. The van der Waals surface area contributed by atoms with Crippen LogP contribution in [-0.4, -0.2) is 25.5 Å². The van der Waals surface area contributed by atoms with Crippen LogP contribution >= 0.6 is 11.6 Å². The first-order valence-electron chi connectivity index (χ1n) is 7.69. The van der Waals surface area contributed by atoms with Crippen LogP contribution in [0.25, 0.3) is 5.82 Å². The molecule has 0 saturated carbocycles. The molecule has 1 amide bonds. The minimum Gasteiger partial charge on any atom is -0.309 e. The number of hydrogen-bond acceptors (Lipinski definition) is 4. The van der Waals surface area contributed by atoms with Gasteiger partial charge in [0.1, 0.15) is 16.7 Å². The van der Waals surface area contributed by atoms with Gasteiger partial charge in [-0.05, 0) is 25.7 Å². The largest absolute Gasteiger partial charge is 0.309 e. The number of fused-ring (bicyclic) bond motifs is 1. The minimum absolute atomic E-state index is 0.161. The van der Waals surface area contributed by atoms with Crippen LogP contribution in [0.15, 0.2) is 6.20 Å². The zero-order valence-electron chi connectivity index (χ0n) is 12.8. The van der Waals surface area contributed by atoms with Crippen molar-refractivity contribution in [2.75, 3.05) is 5.32 Å². The van der Waals surface area contributed by atoms with Crippen molar-refractivity contribution in [3.63, 3.8) is 0 Å². The summed E-state index contributed by atoms with van der Waals surface area (Å²) in [6, 6.07) is 2.04. The Morgan fingerprint density at radius 1 is 1.52 bits per heavy atom. The number of rotatable bonds is 4. The highest BCUT2D eigenvalue weighted by atomic mass is 35.5. The van der Waals surface area contributed by atoms with Gasteiger partial charge in [-0.1, -0.05) is 18.5 Å². The van der Waals surface area contributed by atoms with Crippen molar-refractivity contribution in [3.8, 4) is 11.9 Å². The van der Waals surface area contributed by atoms with Crippen molar-refractivity contribution in [2.45, 2.75) is 45.6 Å². The first kappa shape index (κ1) is 15.6. The zero-order valence-corrected chi connectivity index (χ0v) is 13.6. The number of halogens is 1. The predicted molar refractivity (Wildman–Crippen MR) is 85.5 cm³/mol. The molecule has 1 N–H and O–H groups in total. The Labute approximate surface area is 138 Å². The first-order chi connectivity index (χ1) is 11.2. The molecule has 23 heavy (non-hydrogen) atoms. The standard InChI is InChI=1S/C15H17ClN6O/c1-2-5-12(23)19-14-10(8-17)9-18-22(14)15-13(16)11-6-3-4-7-21(11)20-15/h9H,2-7H2,1H3,(H,19,23). The lowest BCUT2D eigenvalue weighted by atomic mass is 10.1. The minimum atomic E-state index is -0.161. The number of aryl methyl sites for hydroxylation is 1. The van der Waals surface area contributed by atoms with E-state index in [1.165, 1.54) is 10.9 Å². The number of nitriles is 1. The number of nitrogens with zero attached hydrogens (tertiary/aromatic N) is 5. The van der Waals surface area contributed by atoms with Gasteiger partial charge < -0.3 is 5.32 Å². The molecule has 0 spiro atoms. The zero-order chi connectivity index (χ0) is 16.4. The summed E-state index contributed by atoms with van der Waals surface area (Å²) < 4.78 is 3.33. The summed E-state index contributed by atoms with van der Waals surface area (Å²) in [7, 11) is 0. The Morgan fingerprint density at radius 2 is 2.35 bits per heavy atom. The number of carbonyl (C=O) groups excluding carboxylic acids is 1. The maximum absolute atomic E-state index is 11.9. The maximum Gasteiger partial charge on any atom is 0.225 e. The van der Waals surface area contributed by atoms with Gasteiger partial charge in [-0.15, -0.1) is 0 Å². The van der Waals surface area contributed by atoms with Gasteiger partial charge in [0.2, 0.25) is 5.91 Å². The number of amides is 1. The fourth-order valence-electron chi connectivity index (χ4n) is 2.71. The molecule has 3 heterocycles. The second-order valence-electron chi connectivity index (χ2n) is 5.49. The summed E-state index contributed by atoms with van der Waals surface area (Å²) in [5.41, 5.74) is 1.27. The van der Waals surface area contributed by atoms with Crippen LogP contribution in [-0.2, 0) is 17.8 Å². The number of hydrogen-bond donors (Lipinski definition) is 1. The van der Waals surface area contributed by atoms with Gasteiger partial charge >= 0.3 is 0 Å². The summed E-state index contributed by atoms with van der Waals surface area (Å²) in [6.45, 7) is 2.74. The molecule has 0 aromatic carbocycles. The number of aromatic nitrogens is 4. The van der Waals surface area contributed by atoms with Crippen LogP contribution in [0.5, 0.6) is 0 Å². The molecule has 0 unspecified atom stereocenters. The molecule has 0 saturated heterocycles. The molecular weight excluding hydrogens is 316 g/mol. The smallest absolute Gasteiger partial charge is 0.225 e. The van der Waals surface area contributed by atoms with Crippen LogP contribution < -0.4 is 5.32 Å². The van der Waals surface area contributed by atoms with Crippen molar-refractivity contribution in [2.24, 2.45) is 0 Å². The van der Waals surface area contributed by atoms with Gasteiger partial charge in [-0.3, -0.25) is 9.48 Å². The topological polar surface area (TPSA) is 88.5 Å². The van der Waals surface area contributed by atoms with Crippen molar-refractivity contribution >= 4 is 23.3 Å². The van der Waals surface area contributed by atoms with E-state index < -0.39 is 0 Å². The van der Waals surface area contributed by atoms with Gasteiger partial charge in [0.05, 0.1) is 11.9 Å². The third-order valence-corrected chi connectivity index (χ3v) is 4.22. The fourth-order valence-corrected chi connectivity index (χ4v) is 3.02. The normalized spacial score (nSPS) is 13.4. The Kier molecular flexibility index (Phi) is 4.35. The van der Waals surface area contributed by atoms with E-state index in [2.05, 4.69) is 15.5 Å². The molecule has 0 radical (unpaired) electrons. The average molecular weight is 333 g/mol. The quantitative estimate of drug-likeness (QED) is 0.932. The van der Waals surface area contributed by atoms with Gasteiger partial charge in [-0.2, -0.15) is 20.1 Å². The lowest BCUT2D eigenvalue weighted by Crippen LogP contribution is -2.16. The molecule has 0 aliphatic carbocycles. The molecule has 0 bridgehead atoms. The van der Waals surface area contributed by atoms with E-state index in [1.807, 2.05) is 17.7 Å². The second kappa shape index (κ2) is 6.42. The van der Waals surface area contributed by atoms with E-state index in [0.717, 1.165) is 37.9 Å². The first-order valence-corrected chi connectivity index (χ1v) is 8.07. The summed E-state index contributed by atoms with van der Waals surface area (Å²) in [6.07, 6.45) is 5.53. The summed E-state index contributed by atoms with van der Waals surface area (Å²) in [4.78, 5) is 11.9. The highest BCUT2D eigenvalue weighted by Crippen LogP contribution is 2.31. The molecule has 1 aliphatic heterocycles. The van der Waals surface area contributed by atoms with E-state index in [4.69, 9.17) is 11.6 Å². The van der Waals surface area contributed by atoms with Gasteiger partial charge in [0.25, 0.3) is 0 Å². The van der Waals surface area contributed by atoms with Crippen molar-refractivity contribution in [1.82, 2.24) is 19.6 Å². The molecule has 2 aromatic heterocycles. The molecule has 7 nitrogen and oxygen atoms in total. The maximum atomic E-state index is 11.9. The lowest BCUT2D eigenvalue weighted by Gasteiger charge is -2.12. The number of nitrogens with one attached hydrogen (secondary N) is 1. The van der Waals surface area contributed by atoms with Gasteiger partial charge in [-0.25, -0.2) is 0 Å². The van der Waals surface area contributed by atoms with E-state index in [0.29, 0.717) is 23.1 Å². The third kappa shape index (κ3) is 2.82. The van der Waals surface area contributed by atoms with Crippen LogP contribution in [0.3, 0.4) is 0 Å². The Hall–Kier alpha value is -2.33. The molecular formula is C15H17ClN6O. The van der Waals surface area contributed by atoms with E-state index >= 15 is 0 Å². The molecule has 8 heteroatoms. The molecule has 0 fully saturated rings. The van der Waals surface area contributed by atoms with E-state index in [1.54, 1.807) is 0 Å². The van der Waals surface area contributed by atoms with E-state index in [9.17, 15) is 10.1 Å². The van der Waals surface area contributed by atoms with Crippen LogP contribution in [0, 0.1) is 11.3 Å². The van der Waals surface area contributed by atoms with Gasteiger partial charge in [0.15, 0.2) is 11.6 Å². The molecule has 0 atom stereocenters. The third-order valence-electron chi connectivity index (χ3n) is 3.84. The number of anilines is 1. The Bertz CT molecular complexity index is 785. The molecule has 3 rings (SSSR count). The summed E-state index contributed by atoms with van der Waals surface area (Å²) in [5.74, 6) is 0.617. The van der Waals surface area contributed by atoms with Crippen LogP contribution in [0.2, 0.25) is 5.02 Å². The molecule has 120 valence electrons. The highest BCUT2D eigenvalue weighted by Gasteiger charge is 2.24. The molecule has 2 aromatic rings. The van der Waals surface area contributed by atoms with Crippen molar-refractivity contribution in [1.29, 1.82) is 5.26 Å². The molecule has 1 aliphatic rings. The van der Waals surface area contributed by atoms with Crippen LogP contribution in [0.4, 0.5) is 5.82 Å². The van der Waals surface area contributed by atoms with Crippen molar-refractivity contribution < 1.29 is 4.79 Å². The van der Waals surface area contributed by atoms with Gasteiger partial charge in [0, 0.05) is 13.0 Å². The summed E-state index contributed by atoms with van der Waals surface area (Å²) in [5, 5.41) is 21.2. The predicted octanol–water partition coefficient (Wildman–Crippen LogP) is 2.67. The second-order valence-corrected chi connectivity index (χ2v) is 5.87. The highest BCUT2D eigenvalue weighted by molar-refractivity contribution is 6.33. The Morgan fingerprint density at radius 3 is 3.04 bits per heavy atom.